The average molecular weight is 396 g/mol. The first-order valence-electron chi connectivity index (χ1n) is 9.11. The van der Waals surface area contributed by atoms with Gasteiger partial charge in [-0.15, -0.1) is 0 Å². The second-order valence-electron chi connectivity index (χ2n) is 6.48. The van der Waals surface area contributed by atoms with Gasteiger partial charge < -0.3 is 14.4 Å². The van der Waals surface area contributed by atoms with Crippen molar-refractivity contribution in [2.75, 3.05) is 39.4 Å². The van der Waals surface area contributed by atoms with Crippen molar-refractivity contribution in [1.82, 2.24) is 9.21 Å². The maximum atomic E-state index is 12.8. The molecule has 1 aromatic carbocycles. The summed E-state index contributed by atoms with van der Waals surface area (Å²) in [4.78, 5) is 25.8. The second kappa shape index (κ2) is 8.37. The van der Waals surface area contributed by atoms with Crippen molar-refractivity contribution in [3.05, 3.63) is 29.8 Å². The van der Waals surface area contributed by atoms with E-state index in [9.17, 15) is 18.0 Å². The number of esters is 1. The molecule has 0 radical (unpaired) electrons. The fourth-order valence-electron chi connectivity index (χ4n) is 3.25. The summed E-state index contributed by atoms with van der Waals surface area (Å²) in [5.41, 5.74) is 0.308. The molecule has 3 rings (SSSR count). The number of piperazine rings is 1. The molecule has 0 aliphatic carbocycles. The molecule has 2 aliphatic heterocycles. The molecule has 0 unspecified atom stereocenters. The lowest BCUT2D eigenvalue weighted by atomic mass is 10.2. The largest absolute Gasteiger partial charge is 0.462 e. The van der Waals surface area contributed by atoms with E-state index in [1.54, 1.807) is 11.8 Å². The Morgan fingerprint density at radius 2 is 1.81 bits per heavy atom. The summed E-state index contributed by atoms with van der Waals surface area (Å²) in [5, 5.41) is 0. The van der Waals surface area contributed by atoms with Crippen LogP contribution in [-0.2, 0) is 24.3 Å². The number of carbonyl (C=O) groups is 2. The lowest BCUT2D eigenvalue weighted by Crippen LogP contribution is -2.52. The highest BCUT2D eigenvalue weighted by Crippen LogP contribution is 2.20. The highest BCUT2D eigenvalue weighted by atomic mass is 32.2. The van der Waals surface area contributed by atoms with E-state index in [1.165, 1.54) is 28.6 Å². The molecule has 0 N–H and O–H groups in total. The van der Waals surface area contributed by atoms with E-state index in [4.69, 9.17) is 9.47 Å². The summed E-state index contributed by atoms with van der Waals surface area (Å²) >= 11 is 0. The third-order valence-corrected chi connectivity index (χ3v) is 6.67. The van der Waals surface area contributed by atoms with Gasteiger partial charge in [-0.3, -0.25) is 4.79 Å². The predicted molar refractivity (Wildman–Crippen MR) is 96.7 cm³/mol. The fourth-order valence-corrected chi connectivity index (χ4v) is 4.67. The lowest BCUT2D eigenvalue weighted by Gasteiger charge is -2.35. The molecule has 2 aliphatic rings. The maximum Gasteiger partial charge on any atom is 0.338 e. The summed E-state index contributed by atoms with van der Waals surface area (Å²) in [5.74, 6) is -0.536. The van der Waals surface area contributed by atoms with Crippen molar-refractivity contribution in [2.24, 2.45) is 0 Å². The first-order chi connectivity index (χ1) is 12.9. The highest BCUT2D eigenvalue weighted by molar-refractivity contribution is 7.89. The average Bonchev–Trinajstić information content (AvgIpc) is 3.22. The molecule has 8 nitrogen and oxygen atoms in total. The zero-order valence-corrected chi connectivity index (χ0v) is 16.1. The molecule has 1 aromatic rings. The molecule has 1 atom stereocenters. The van der Waals surface area contributed by atoms with E-state index in [-0.39, 0.29) is 36.6 Å². The van der Waals surface area contributed by atoms with Crippen LogP contribution in [0.25, 0.3) is 0 Å². The van der Waals surface area contributed by atoms with Gasteiger partial charge in [-0.05, 0) is 44.0 Å². The molecule has 148 valence electrons. The summed E-state index contributed by atoms with van der Waals surface area (Å²) in [6, 6.07) is 5.71. The van der Waals surface area contributed by atoms with Gasteiger partial charge in [-0.2, -0.15) is 4.31 Å². The number of benzene rings is 1. The monoisotopic (exact) mass is 396 g/mol. The van der Waals surface area contributed by atoms with Crippen LogP contribution in [0.4, 0.5) is 0 Å². The van der Waals surface area contributed by atoms with Crippen molar-refractivity contribution in [3.63, 3.8) is 0 Å². The second-order valence-corrected chi connectivity index (χ2v) is 8.41. The first-order valence-corrected chi connectivity index (χ1v) is 10.5. The number of carbonyl (C=O) groups excluding carboxylic acids is 2. The number of ether oxygens (including phenoxy) is 2. The lowest BCUT2D eigenvalue weighted by molar-refractivity contribution is -0.142. The third-order valence-electron chi connectivity index (χ3n) is 4.76. The number of hydrogen-bond acceptors (Lipinski definition) is 6. The van der Waals surface area contributed by atoms with Crippen molar-refractivity contribution < 1.29 is 27.5 Å². The van der Waals surface area contributed by atoms with Crippen LogP contribution in [0.1, 0.15) is 30.1 Å². The number of hydrogen-bond donors (Lipinski definition) is 0. The third kappa shape index (κ3) is 4.31. The smallest absolute Gasteiger partial charge is 0.338 e. The van der Waals surface area contributed by atoms with Gasteiger partial charge in [0.15, 0.2) is 0 Å². The van der Waals surface area contributed by atoms with Crippen LogP contribution in [0.2, 0.25) is 0 Å². The van der Waals surface area contributed by atoms with E-state index in [2.05, 4.69) is 0 Å². The highest BCUT2D eigenvalue weighted by Gasteiger charge is 2.34. The van der Waals surface area contributed by atoms with Gasteiger partial charge in [0.05, 0.1) is 17.1 Å². The number of amides is 1. The molecule has 1 amide bonds. The minimum atomic E-state index is -3.67. The van der Waals surface area contributed by atoms with Gasteiger partial charge >= 0.3 is 5.97 Å². The Hall–Kier alpha value is -1.97. The van der Waals surface area contributed by atoms with E-state index in [0.29, 0.717) is 25.3 Å². The van der Waals surface area contributed by atoms with Crippen LogP contribution in [0.15, 0.2) is 29.2 Å². The van der Waals surface area contributed by atoms with Crippen molar-refractivity contribution in [1.29, 1.82) is 0 Å². The number of rotatable bonds is 5. The molecule has 0 bridgehead atoms. The van der Waals surface area contributed by atoms with Gasteiger partial charge in [0.1, 0.15) is 6.10 Å². The SMILES string of the molecule is CCOC(=O)c1ccc(S(=O)(=O)N2CCN(C(=O)[C@H]3CCCO3)CC2)cc1. The van der Waals surface area contributed by atoms with Gasteiger partial charge in [0.2, 0.25) is 10.0 Å². The first kappa shape index (κ1) is 19.8. The maximum absolute atomic E-state index is 12.8. The molecule has 2 saturated heterocycles. The Bertz CT molecular complexity index is 779. The standard InChI is InChI=1S/C18H24N2O6S/c1-2-25-18(22)14-5-7-15(8-6-14)27(23,24)20-11-9-19(10-12-20)17(21)16-4-3-13-26-16/h5-8,16H,2-4,9-13H2,1H3/t16-/m1/s1. The van der Waals surface area contributed by atoms with E-state index < -0.39 is 16.0 Å². The molecule has 0 saturated carbocycles. The molecule has 27 heavy (non-hydrogen) atoms. The van der Waals surface area contributed by atoms with Crippen LogP contribution in [0.3, 0.4) is 0 Å². The van der Waals surface area contributed by atoms with Crippen molar-refractivity contribution in [3.8, 4) is 0 Å². The van der Waals surface area contributed by atoms with E-state index in [0.717, 1.165) is 12.8 Å². The molecule has 2 heterocycles. The molecule has 9 heteroatoms. The molecular formula is C18H24N2O6S. The summed E-state index contributed by atoms with van der Waals surface area (Å²) in [6.45, 7) is 3.73. The Kier molecular flexibility index (Phi) is 6.13. The molecule has 0 aromatic heterocycles. The van der Waals surface area contributed by atoms with Crippen LogP contribution in [0.5, 0.6) is 0 Å². The van der Waals surface area contributed by atoms with E-state index >= 15 is 0 Å². The minimum Gasteiger partial charge on any atom is -0.462 e. The van der Waals surface area contributed by atoms with Crippen molar-refractivity contribution in [2.45, 2.75) is 30.8 Å². The fraction of sp³-hybridized carbons (Fsp3) is 0.556. The Labute approximate surface area is 159 Å². The Morgan fingerprint density at radius 3 is 2.37 bits per heavy atom. The van der Waals surface area contributed by atoms with Crippen LogP contribution in [-0.4, -0.2) is 75.0 Å². The molecule has 0 spiro atoms. The summed E-state index contributed by atoms with van der Waals surface area (Å²) < 4.78 is 37.3. The van der Waals surface area contributed by atoms with Crippen LogP contribution >= 0.6 is 0 Å². The quantitative estimate of drug-likeness (QED) is 0.686. The van der Waals surface area contributed by atoms with Gasteiger partial charge in [0.25, 0.3) is 5.91 Å². The van der Waals surface area contributed by atoms with Crippen LogP contribution in [0, 0.1) is 0 Å². The topological polar surface area (TPSA) is 93.2 Å². The summed E-state index contributed by atoms with van der Waals surface area (Å²) in [7, 11) is -3.67. The van der Waals surface area contributed by atoms with Gasteiger partial charge in [0, 0.05) is 32.8 Å². The normalized spacial score (nSPS) is 21.2. The van der Waals surface area contributed by atoms with Crippen LogP contribution < -0.4 is 0 Å². The molecular weight excluding hydrogens is 372 g/mol. The zero-order valence-electron chi connectivity index (χ0n) is 15.3. The number of sulfonamides is 1. The van der Waals surface area contributed by atoms with Gasteiger partial charge in [-0.25, -0.2) is 13.2 Å². The molecule has 2 fully saturated rings. The van der Waals surface area contributed by atoms with Crippen molar-refractivity contribution >= 4 is 21.9 Å². The number of nitrogens with zero attached hydrogens (tertiary/aromatic N) is 2. The minimum absolute atomic E-state index is 0.0525. The Balaban J connectivity index is 1.62. The van der Waals surface area contributed by atoms with Gasteiger partial charge in [-0.1, -0.05) is 0 Å². The zero-order chi connectivity index (χ0) is 19.4. The van der Waals surface area contributed by atoms with E-state index in [1.807, 2.05) is 0 Å². The Morgan fingerprint density at radius 1 is 1.15 bits per heavy atom. The predicted octanol–water partition coefficient (Wildman–Crippen LogP) is 0.875. The summed E-state index contributed by atoms with van der Waals surface area (Å²) in [6.07, 6.45) is 1.22.